The molecule has 2 atom stereocenters. The van der Waals surface area contributed by atoms with E-state index in [9.17, 15) is 14.4 Å². The molecule has 2 unspecified atom stereocenters. The molecule has 2 saturated heterocycles. The van der Waals surface area contributed by atoms with Gasteiger partial charge in [-0.05, 0) is 39.2 Å². The Labute approximate surface area is 183 Å². The fourth-order valence-electron chi connectivity index (χ4n) is 4.22. The Kier molecular flexibility index (Phi) is 7.06. The minimum absolute atomic E-state index is 0.0234. The zero-order chi connectivity index (χ0) is 21.9. The van der Waals surface area contributed by atoms with Crippen molar-refractivity contribution in [2.75, 3.05) is 25.5 Å². The Morgan fingerprint density at radius 2 is 1.83 bits per heavy atom. The molecule has 1 aromatic rings. The quantitative estimate of drug-likeness (QED) is 0.701. The van der Waals surface area contributed by atoms with Gasteiger partial charge in [0.1, 0.15) is 0 Å². The van der Waals surface area contributed by atoms with Crippen LogP contribution in [0.5, 0.6) is 0 Å². The predicted octanol–water partition coefficient (Wildman–Crippen LogP) is 2.97. The van der Waals surface area contributed by atoms with E-state index in [1.807, 2.05) is 56.0 Å². The van der Waals surface area contributed by atoms with Crippen molar-refractivity contribution in [2.45, 2.75) is 52.1 Å². The Morgan fingerprint density at radius 1 is 1.20 bits per heavy atom. The topological polar surface area (TPSA) is 69.7 Å². The van der Waals surface area contributed by atoms with Gasteiger partial charge in [-0.25, -0.2) is 0 Å². The first-order chi connectivity index (χ1) is 14.2. The number of amides is 3. The van der Waals surface area contributed by atoms with Crippen molar-refractivity contribution in [1.82, 2.24) is 15.1 Å². The third-order valence-corrected chi connectivity index (χ3v) is 6.99. The van der Waals surface area contributed by atoms with Crippen molar-refractivity contribution in [3.05, 3.63) is 35.9 Å². The lowest BCUT2D eigenvalue weighted by molar-refractivity contribution is -0.140. The lowest BCUT2D eigenvalue weighted by atomic mass is 9.92. The maximum Gasteiger partial charge on any atom is 0.229 e. The van der Waals surface area contributed by atoms with E-state index < -0.39 is 5.41 Å². The number of alkyl halides is 1. The third-order valence-electron chi connectivity index (χ3n) is 6.32. The van der Waals surface area contributed by atoms with E-state index in [1.165, 1.54) is 0 Å². The molecule has 2 aliphatic heterocycles. The van der Waals surface area contributed by atoms with Gasteiger partial charge in [-0.15, -0.1) is 11.6 Å². The highest BCUT2D eigenvalue weighted by Gasteiger charge is 2.38. The summed E-state index contributed by atoms with van der Waals surface area (Å²) in [5, 5.41) is 3.11. The molecule has 0 aliphatic carbocycles. The summed E-state index contributed by atoms with van der Waals surface area (Å²) < 4.78 is 0. The van der Waals surface area contributed by atoms with Crippen LogP contribution in [0.4, 0.5) is 0 Å². The number of rotatable bonds is 6. The fraction of sp³-hybridized carbons (Fsp3) is 0.609. The normalized spacial score (nSPS) is 21.6. The first kappa shape index (κ1) is 22.6. The maximum absolute atomic E-state index is 12.8. The van der Waals surface area contributed by atoms with Gasteiger partial charge < -0.3 is 15.1 Å². The van der Waals surface area contributed by atoms with Gasteiger partial charge in [0.25, 0.3) is 0 Å². The smallest absolute Gasteiger partial charge is 0.229 e. The standard InChI is InChI=1S/C23H32ClN3O3/c1-16(17-7-5-4-6-8-17)27-14-18(13-20(27)28)21(29)25-19-9-11-26(12-10-19)22(30)23(2,3)15-24/h4-8,16,18-19H,9-15H2,1-3H3,(H,25,29). The lowest BCUT2D eigenvalue weighted by Crippen LogP contribution is -2.51. The summed E-state index contributed by atoms with van der Waals surface area (Å²) in [6.07, 6.45) is 1.70. The predicted molar refractivity (Wildman–Crippen MR) is 117 cm³/mol. The zero-order valence-corrected chi connectivity index (χ0v) is 18.8. The van der Waals surface area contributed by atoms with Gasteiger partial charge in [-0.3, -0.25) is 14.4 Å². The second-order valence-corrected chi connectivity index (χ2v) is 9.39. The summed E-state index contributed by atoms with van der Waals surface area (Å²) in [7, 11) is 0. The van der Waals surface area contributed by atoms with Crippen LogP contribution in [0.25, 0.3) is 0 Å². The molecule has 0 spiro atoms. The maximum atomic E-state index is 12.8. The van der Waals surface area contributed by atoms with Crippen molar-refractivity contribution in [3.63, 3.8) is 0 Å². The molecule has 2 heterocycles. The van der Waals surface area contributed by atoms with Crippen LogP contribution in [-0.2, 0) is 14.4 Å². The van der Waals surface area contributed by atoms with Gasteiger partial charge in [-0.1, -0.05) is 30.3 Å². The SMILES string of the molecule is CC(c1ccccc1)N1CC(C(=O)NC2CCN(C(=O)C(C)(C)CCl)CC2)CC1=O. The van der Waals surface area contributed by atoms with Gasteiger partial charge in [0.2, 0.25) is 17.7 Å². The van der Waals surface area contributed by atoms with E-state index in [-0.39, 0.29) is 48.0 Å². The second-order valence-electron chi connectivity index (χ2n) is 9.13. The van der Waals surface area contributed by atoms with Gasteiger partial charge in [0.05, 0.1) is 17.4 Å². The molecule has 164 valence electrons. The van der Waals surface area contributed by atoms with Crippen molar-refractivity contribution in [2.24, 2.45) is 11.3 Å². The van der Waals surface area contributed by atoms with Gasteiger partial charge >= 0.3 is 0 Å². The lowest BCUT2D eigenvalue weighted by Gasteiger charge is -2.36. The van der Waals surface area contributed by atoms with Crippen LogP contribution in [0.1, 0.15) is 51.6 Å². The first-order valence-corrected chi connectivity index (χ1v) is 11.3. The number of carbonyl (C=O) groups is 3. The molecule has 0 saturated carbocycles. The van der Waals surface area contributed by atoms with Crippen molar-refractivity contribution < 1.29 is 14.4 Å². The minimum Gasteiger partial charge on any atom is -0.353 e. The summed E-state index contributed by atoms with van der Waals surface area (Å²) in [5.74, 6) is -0.00394. The number of hydrogen-bond donors (Lipinski definition) is 1. The molecule has 1 N–H and O–H groups in total. The highest BCUT2D eigenvalue weighted by Crippen LogP contribution is 2.29. The van der Waals surface area contributed by atoms with Gasteiger partial charge in [-0.2, -0.15) is 0 Å². The molecule has 0 bridgehead atoms. The molecule has 0 radical (unpaired) electrons. The number of nitrogens with zero attached hydrogens (tertiary/aromatic N) is 2. The number of benzene rings is 1. The monoisotopic (exact) mass is 433 g/mol. The van der Waals surface area contributed by atoms with Crippen LogP contribution >= 0.6 is 11.6 Å². The average molecular weight is 434 g/mol. The molecular weight excluding hydrogens is 402 g/mol. The van der Waals surface area contributed by atoms with Gasteiger partial charge in [0.15, 0.2) is 0 Å². The molecule has 3 rings (SSSR count). The fourth-order valence-corrected chi connectivity index (χ4v) is 4.34. The van der Waals surface area contributed by atoms with Gasteiger partial charge in [0, 0.05) is 38.0 Å². The molecule has 2 fully saturated rings. The van der Waals surface area contributed by atoms with Crippen LogP contribution in [0, 0.1) is 11.3 Å². The van der Waals surface area contributed by atoms with Crippen LogP contribution in [-0.4, -0.2) is 59.1 Å². The average Bonchev–Trinajstić information content (AvgIpc) is 3.15. The Balaban J connectivity index is 1.50. The number of carbonyl (C=O) groups excluding carboxylic acids is 3. The van der Waals surface area contributed by atoms with Crippen molar-refractivity contribution >= 4 is 29.3 Å². The summed E-state index contributed by atoms with van der Waals surface area (Å²) in [6, 6.07) is 9.88. The summed E-state index contributed by atoms with van der Waals surface area (Å²) >= 11 is 5.93. The Hall–Kier alpha value is -2.08. The third kappa shape index (κ3) is 4.97. The minimum atomic E-state index is -0.569. The summed E-state index contributed by atoms with van der Waals surface area (Å²) in [4.78, 5) is 41.5. The number of likely N-dealkylation sites (tertiary alicyclic amines) is 2. The van der Waals surface area contributed by atoms with Crippen LogP contribution < -0.4 is 5.32 Å². The zero-order valence-electron chi connectivity index (χ0n) is 18.1. The number of hydrogen-bond acceptors (Lipinski definition) is 3. The van der Waals surface area contributed by atoms with E-state index >= 15 is 0 Å². The molecule has 6 nitrogen and oxygen atoms in total. The van der Waals surface area contributed by atoms with Crippen molar-refractivity contribution in [1.29, 1.82) is 0 Å². The molecule has 1 aromatic carbocycles. The van der Waals surface area contributed by atoms with Crippen LogP contribution in [0.2, 0.25) is 0 Å². The summed E-state index contributed by atoms with van der Waals surface area (Å²) in [5.41, 5.74) is 0.504. The van der Waals surface area contributed by atoms with E-state index in [2.05, 4.69) is 5.32 Å². The Morgan fingerprint density at radius 3 is 2.43 bits per heavy atom. The molecule has 0 aromatic heterocycles. The first-order valence-electron chi connectivity index (χ1n) is 10.7. The molecule has 30 heavy (non-hydrogen) atoms. The van der Waals surface area contributed by atoms with E-state index in [1.54, 1.807) is 4.90 Å². The number of nitrogens with one attached hydrogen (secondary N) is 1. The van der Waals surface area contributed by atoms with E-state index in [0.29, 0.717) is 19.6 Å². The number of piperidine rings is 1. The van der Waals surface area contributed by atoms with Crippen LogP contribution in [0.3, 0.4) is 0 Å². The molecule has 2 aliphatic rings. The largest absolute Gasteiger partial charge is 0.353 e. The highest BCUT2D eigenvalue weighted by atomic mass is 35.5. The molecule has 3 amide bonds. The molecule has 7 heteroatoms. The number of halogens is 1. The summed E-state index contributed by atoms with van der Waals surface area (Å²) in [6.45, 7) is 7.39. The highest BCUT2D eigenvalue weighted by molar-refractivity contribution is 6.19. The van der Waals surface area contributed by atoms with E-state index in [4.69, 9.17) is 11.6 Å². The molecular formula is C23H32ClN3O3. The second kappa shape index (κ2) is 9.38. The van der Waals surface area contributed by atoms with E-state index in [0.717, 1.165) is 18.4 Å². The van der Waals surface area contributed by atoms with Crippen molar-refractivity contribution in [3.8, 4) is 0 Å². The Bertz CT molecular complexity index is 775. The van der Waals surface area contributed by atoms with Crippen LogP contribution in [0.15, 0.2) is 30.3 Å².